The topological polar surface area (TPSA) is 55.5 Å². The molecule has 1 saturated heterocycles. The molecule has 0 radical (unpaired) electrons. The van der Waals surface area contributed by atoms with Gasteiger partial charge in [0.25, 0.3) is 0 Å². The molecular weight excluding hydrogens is 130 g/mol. The summed E-state index contributed by atoms with van der Waals surface area (Å²) in [6.07, 6.45) is 0. The molecule has 1 aliphatic heterocycles. The van der Waals surface area contributed by atoms with Crippen molar-refractivity contribution in [1.82, 2.24) is 0 Å². The van der Waals surface area contributed by atoms with Crippen LogP contribution in [0.4, 0.5) is 0 Å². The fraction of sp³-hybridized carbons (Fsp3) is 1.00. The molecule has 0 aromatic heterocycles. The van der Waals surface area contributed by atoms with E-state index in [0.29, 0.717) is 13.2 Å². The minimum atomic E-state index is 0.0556. The van der Waals surface area contributed by atoms with Gasteiger partial charge in [-0.3, -0.25) is 0 Å². The summed E-state index contributed by atoms with van der Waals surface area (Å²) in [5, 5.41) is 8.58. The monoisotopic (exact) mass is 147 g/mol. The quantitative estimate of drug-likeness (QED) is 0.548. The molecule has 0 aliphatic carbocycles. The van der Waals surface area contributed by atoms with Crippen LogP contribution >= 0.6 is 0 Å². The van der Waals surface area contributed by atoms with E-state index in [9.17, 15) is 0 Å². The molecule has 0 aromatic carbocycles. The van der Waals surface area contributed by atoms with E-state index >= 15 is 0 Å². The molecule has 3 N–H and O–H groups in total. The predicted octanol–water partition coefficient (Wildman–Crippen LogP) is -0.0214. The Labute approximate surface area is 62.2 Å². The highest BCUT2D eigenvalue weighted by Crippen LogP contribution is 2.09. The molecule has 1 rings (SSSR count). The Hall–Kier alpha value is -0.120. The lowest BCUT2D eigenvalue weighted by molar-refractivity contribution is 0.161. The van der Waals surface area contributed by atoms with Gasteiger partial charge in [-0.15, -0.1) is 0 Å². The van der Waals surface area contributed by atoms with Crippen molar-refractivity contribution in [3.8, 4) is 0 Å². The third-order valence-electron chi connectivity index (χ3n) is 1.48. The Kier molecular flexibility index (Phi) is 5.58. The number of ether oxygens (including phenoxy) is 1. The summed E-state index contributed by atoms with van der Waals surface area (Å²) in [4.78, 5) is 0. The van der Waals surface area contributed by atoms with E-state index in [1.165, 1.54) is 0 Å². The van der Waals surface area contributed by atoms with Crippen LogP contribution in [0, 0.1) is 5.92 Å². The standard InChI is InChI=1S/C5H11NO2.C2H6/c6-5-3-8-2-4(5)1-7;1-2/h4-5,7H,1-3,6H2;1-2H3/t4-,5+;/m0./s1. The highest BCUT2D eigenvalue weighted by Gasteiger charge is 2.23. The molecule has 10 heavy (non-hydrogen) atoms. The molecule has 0 amide bonds. The Morgan fingerprint density at radius 1 is 1.50 bits per heavy atom. The molecule has 1 fully saturated rings. The Morgan fingerprint density at radius 3 is 2.30 bits per heavy atom. The number of aliphatic hydroxyl groups excluding tert-OH is 1. The van der Waals surface area contributed by atoms with Crippen molar-refractivity contribution in [2.45, 2.75) is 19.9 Å². The van der Waals surface area contributed by atoms with E-state index in [1.807, 2.05) is 13.8 Å². The summed E-state index contributed by atoms with van der Waals surface area (Å²) in [7, 11) is 0. The molecule has 3 nitrogen and oxygen atoms in total. The lowest BCUT2D eigenvalue weighted by Crippen LogP contribution is -2.30. The molecule has 0 spiro atoms. The molecule has 0 aromatic rings. The third-order valence-corrected chi connectivity index (χ3v) is 1.48. The maximum Gasteiger partial charge on any atom is 0.0622 e. The number of hydrogen-bond donors (Lipinski definition) is 2. The lowest BCUT2D eigenvalue weighted by Gasteiger charge is -2.06. The molecule has 0 unspecified atom stereocenters. The maximum atomic E-state index is 8.58. The van der Waals surface area contributed by atoms with E-state index in [1.54, 1.807) is 0 Å². The minimum Gasteiger partial charge on any atom is -0.396 e. The highest BCUT2D eigenvalue weighted by atomic mass is 16.5. The molecule has 1 heterocycles. The molecule has 1 aliphatic rings. The fourth-order valence-electron chi connectivity index (χ4n) is 0.803. The van der Waals surface area contributed by atoms with Gasteiger partial charge in [0.15, 0.2) is 0 Å². The third kappa shape index (κ3) is 2.64. The van der Waals surface area contributed by atoms with Crippen LogP contribution < -0.4 is 5.73 Å². The van der Waals surface area contributed by atoms with Gasteiger partial charge in [0, 0.05) is 18.6 Å². The van der Waals surface area contributed by atoms with Crippen molar-refractivity contribution in [2.24, 2.45) is 11.7 Å². The van der Waals surface area contributed by atoms with Crippen molar-refractivity contribution in [3.05, 3.63) is 0 Å². The van der Waals surface area contributed by atoms with Crippen LogP contribution in [-0.2, 0) is 4.74 Å². The predicted molar refractivity (Wildman–Crippen MR) is 40.7 cm³/mol. The summed E-state index contributed by atoms with van der Waals surface area (Å²) >= 11 is 0. The van der Waals surface area contributed by atoms with Crippen molar-refractivity contribution < 1.29 is 9.84 Å². The molecular formula is C7H17NO2. The Bertz CT molecular complexity index is 78.0. The van der Waals surface area contributed by atoms with Gasteiger partial charge in [-0.1, -0.05) is 13.8 Å². The molecule has 0 saturated carbocycles. The smallest absolute Gasteiger partial charge is 0.0622 e. The van der Waals surface area contributed by atoms with E-state index < -0.39 is 0 Å². The number of rotatable bonds is 1. The molecule has 62 valence electrons. The molecule has 2 atom stereocenters. The zero-order valence-electron chi connectivity index (χ0n) is 6.71. The van der Waals surface area contributed by atoms with Gasteiger partial charge in [0.1, 0.15) is 0 Å². The SMILES string of the molecule is CC.N[C@@H]1COC[C@@H]1CO. The summed E-state index contributed by atoms with van der Waals surface area (Å²) in [5.74, 6) is 0.176. The summed E-state index contributed by atoms with van der Waals surface area (Å²) in [5.41, 5.74) is 5.50. The van der Waals surface area contributed by atoms with Gasteiger partial charge in [-0.05, 0) is 0 Å². The van der Waals surface area contributed by atoms with Crippen molar-refractivity contribution in [1.29, 1.82) is 0 Å². The number of nitrogens with two attached hydrogens (primary N) is 1. The summed E-state index contributed by atoms with van der Waals surface area (Å²) in [6.45, 7) is 5.38. The largest absolute Gasteiger partial charge is 0.396 e. The zero-order chi connectivity index (χ0) is 7.98. The van der Waals surface area contributed by atoms with Crippen molar-refractivity contribution >= 4 is 0 Å². The Morgan fingerprint density at radius 2 is 2.10 bits per heavy atom. The summed E-state index contributed by atoms with van der Waals surface area (Å²) < 4.78 is 4.98. The second-order valence-electron chi connectivity index (χ2n) is 2.14. The second kappa shape index (κ2) is 5.65. The van der Waals surface area contributed by atoms with Gasteiger partial charge in [0.2, 0.25) is 0 Å². The minimum absolute atomic E-state index is 0.0556. The first-order valence-corrected chi connectivity index (χ1v) is 3.78. The number of aliphatic hydroxyl groups is 1. The van der Waals surface area contributed by atoms with Crippen LogP contribution in [0.5, 0.6) is 0 Å². The first-order chi connectivity index (χ1) is 4.84. The van der Waals surface area contributed by atoms with Gasteiger partial charge < -0.3 is 15.6 Å². The second-order valence-corrected chi connectivity index (χ2v) is 2.14. The normalized spacial score (nSPS) is 31.2. The Balaban J connectivity index is 0.000000371. The van der Waals surface area contributed by atoms with Gasteiger partial charge in [-0.25, -0.2) is 0 Å². The van der Waals surface area contributed by atoms with Crippen LogP contribution in [0.3, 0.4) is 0 Å². The van der Waals surface area contributed by atoms with E-state index in [2.05, 4.69) is 0 Å². The highest BCUT2D eigenvalue weighted by molar-refractivity contribution is 4.76. The first-order valence-electron chi connectivity index (χ1n) is 3.78. The molecule has 3 heteroatoms. The van der Waals surface area contributed by atoms with E-state index in [-0.39, 0.29) is 18.6 Å². The number of hydrogen-bond acceptors (Lipinski definition) is 3. The van der Waals surface area contributed by atoms with Crippen LogP contribution in [0.15, 0.2) is 0 Å². The van der Waals surface area contributed by atoms with Crippen LogP contribution in [0.1, 0.15) is 13.8 Å². The van der Waals surface area contributed by atoms with Crippen LogP contribution in [-0.4, -0.2) is 31.0 Å². The van der Waals surface area contributed by atoms with Gasteiger partial charge in [-0.2, -0.15) is 0 Å². The molecule has 0 bridgehead atoms. The zero-order valence-corrected chi connectivity index (χ0v) is 6.71. The van der Waals surface area contributed by atoms with Crippen molar-refractivity contribution in [3.63, 3.8) is 0 Å². The van der Waals surface area contributed by atoms with Gasteiger partial charge >= 0.3 is 0 Å². The van der Waals surface area contributed by atoms with Crippen LogP contribution in [0.2, 0.25) is 0 Å². The van der Waals surface area contributed by atoms with Gasteiger partial charge in [0.05, 0.1) is 13.2 Å². The maximum absolute atomic E-state index is 8.58. The van der Waals surface area contributed by atoms with E-state index in [0.717, 1.165) is 0 Å². The fourth-order valence-corrected chi connectivity index (χ4v) is 0.803. The van der Waals surface area contributed by atoms with E-state index in [4.69, 9.17) is 15.6 Å². The summed E-state index contributed by atoms with van der Waals surface area (Å²) in [6, 6.07) is 0.0556. The first kappa shape index (κ1) is 9.88. The van der Waals surface area contributed by atoms with Crippen molar-refractivity contribution in [2.75, 3.05) is 19.8 Å². The lowest BCUT2D eigenvalue weighted by atomic mass is 10.1. The van der Waals surface area contributed by atoms with Crippen LogP contribution in [0.25, 0.3) is 0 Å². The average molecular weight is 147 g/mol. The average Bonchev–Trinajstić information content (AvgIpc) is 2.39.